The van der Waals surface area contributed by atoms with Crippen molar-refractivity contribution in [3.8, 4) is 11.1 Å². The van der Waals surface area contributed by atoms with Gasteiger partial charge in [-0.15, -0.1) is 4.99 Å². The lowest BCUT2D eigenvalue weighted by molar-refractivity contribution is -0.310. The van der Waals surface area contributed by atoms with Gasteiger partial charge in [0.2, 0.25) is 0 Å². The minimum Gasteiger partial charge on any atom is -0.318 e. The molecule has 5 nitrogen and oxygen atoms in total. The second kappa shape index (κ2) is 9.53. The summed E-state index contributed by atoms with van der Waals surface area (Å²) in [5, 5.41) is 3.19. The number of rotatable bonds is 8. The predicted octanol–water partition coefficient (Wildman–Crippen LogP) is 3.31. The SMILES string of the molecule is CNCCN1CCC(OONc2ccccc2-c2ccccc2)CC1. The van der Waals surface area contributed by atoms with Crippen LogP contribution in [0, 0.1) is 0 Å². The first-order chi connectivity index (χ1) is 12.4. The van der Waals surface area contributed by atoms with Gasteiger partial charge in [0.1, 0.15) is 0 Å². The summed E-state index contributed by atoms with van der Waals surface area (Å²) in [5.41, 5.74) is 6.10. The molecule has 2 aromatic carbocycles. The van der Waals surface area contributed by atoms with Gasteiger partial charge in [-0.2, -0.15) is 0 Å². The largest absolute Gasteiger partial charge is 0.318 e. The Morgan fingerprint density at radius 2 is 1.72 bits per heavy atom. The minimum atomic E-state index is 0.141. The molecule has 2 aromatic rings. The Hall–Kier alpha value is -1.92. The molecule has 134 valence electrons. The Bertz CT molecular complexity index is 628. The molecule has 1 saturated heterocycles. The molecule has 0 radical (unpaired) electrons. The molecule has 0 spiro atoms. The van der Waals surface area contributed by atoms with E-state index in [-0.39, 0.29) is 6.10 Å². The maximum absolute atomic E-state index is 5.58. The molecular formula is C20H27N3O2. The fourth-order valence-corrected chi connectivity index (χ4v) is 3.08. The highest BCUT2D eigenvalue weighted by molar-refractivity contribution is 5.77. The first-order valence-corrected chi connectivity index (χ1v) is 8.96. The molecule has 2 N–H and O–H groups in total. The Morgan fingerprint density at radius 1 is 1.00 bits per heavy atom. The van der Waals surface area contributed by atoms with Gasteiger partial charge in [0.15, 0.2) is 0 Å². The Kier molecular flexibility index (Phi) is 6.82. The van der Waals surface area contributed by atoms with E-state index >= 15 is 0 Å². The summed E-state index contributed by atoms with van der Waals surface area (Å²) < 4.78 is 0. The number of piperidine rings is 1. The van der Waals surface area contributed by atoms with Crippen molar-refractivity contribution < 1.29 is 9.88 Å². The van der Waals surface area contributed by atoms with Crippen molar-refractivity contribution in [3.05, 3.63) is 54.6 Å². The highest BCUT2D eigenvalue weighted by Gasteiger charge is 2.20. The molecule has 1 heterocycles. The zero-order valence-electron chi connectivity index (χ0n) is 14.8. The molecule has 0 atom stereocenters. The van der Waals surface area contributed by atoms with Crippen LogP contribution in [0.1, 0.15) is 12.8 Å². The molecule has 0 aliphatic carbocycles. The molecular weight excluding hydrogens is 314 g/mol. The van der Waals surface area contributed by atoms with E-state index in [9.17, 15) is 0 Å². The van der Waals surface area contributed by atoms with Crippen LogP contribution in [0.3, 0.4) is 0 Å². The molecule has 25 heavy (non-hydrogen) atoms. The summed E-state index contributed by atoms with van der Waals surface area (Å²) >= 11 is 0. The number of nitrogens with one attached hydrogen (secondary N) is 2. The summed E-state index contributed by atoms with van der Waals surface area (Å²) in [6.07, 6.45) is 2.12. The summed E-state index contributed by atoms with van der Waals surface area (Å²) in [7, 11) is 1.99. The predicted molar refractivity (Wildman–Crippen MR) is 101 cm³/mol. The van der Waals surface area contributed by atoms with Crippen molar-refractivity contribution in [2.24, 2.45) is 0 Å². The smallest absolute Gasteiger partial charge is 0.0979 e. The van der Waals surface area contributed by atoms with Crippen LogP contribution in [-0.2, 0) is 9.88 Å². The molecule has 3 rings (SSSR count). The fourth-order valence-electron chi connectivity index (χ4n) is 3.08. The third-order valence-electron chi connectivity index (χ3n) is 4.56. The van der Waals surface area contributed by atoms with E-state index in [1.807, 2.05) is 43.4 Å². The second-order valence-electron chi connectivity index (χ2n) is 6.34. The fraction of sp³-hybridized carbons (Fsp3) is 0.400. The quantitative estimate of drug-likeness (QED) is 0.570. The number of benzene rings is 2. The second-order valence-corrected chi connectivity index (χ2v) is 6.34. The lowest BCUT2D eigenvalue weighted by Gasteiger charge is -2.30. The van der Waals surface area contributed by atoms with Crippen LogP contribution in [0.25, 0.3) is 11.1 Å². The third kappa shape index (κ3) is 5.28. The van der Waals surface area contributed by atoms with E-state index in [1.54, 1.807) is 0 Å². The van der Waals surface area contributed by atoms with Gasteiger partial charge in [-0.1, -0.05) is 48.5 Å². The average molecular weight is 341 g/mol. The van der Waals surface area contributed by atoms with Crippen molar-refractivity contribution in [2.45, 2.75) is 18.9 Å². The molecule has 0 bridgehead atoms. The van der Waals surface area contributed by atoms with Crippen LogP contribution in [-0.4, -0.2) is 44.2 Å². The van der Waals surface area contributed by atoms with Gasteiger partial charge in [0.25, 0.3) is 0 Å². The highest BCUT2D eigenvalue weighted by atomic mass is 17.3. The van der Waals surface area contributed by atoms with E-state index in [4.69, 9.17) is 9.88 Å². The maximum Gasteiger partial charge on any atom is 0.0979 e. The number of nitrogens with zero attached hydrogens (tertiary/aromatic N) is 1. The average Bonchev–Trinajstić information content (AvgIpc) is 2.68. The standard InChI is InChI=1S/C20H27N3O2/c1-21-13-16-23-14-11-18(12-15-23)24-25-22-20-10-6-5-9-19(20)17-7-3-2-4-8-17/h2-10,18,21-22H,11-16H2,1H3. The van der Waals surface area contributed by atoms with Crippen molar-refractivity contribution in [3.63, 3.8) is 0 Å². The Morgan fingerprint density at radius 3 is 2.48 bits per heavy atom. The minimum absolute atomic E-state index is 0.141. The molecule has 1 aliphatic heterocycles. The van der Waals surface area contributed by atoms with Gasteiger partial charge in [0, 0.05) is 31.7 Å². The summed E-state index contributed by atoms with van der Waals surface area (Å²) in [6.45, 7) is 4.22. The van der Waals surface area contributed by atoms with Crippen molar-refractivity contribution in [2.75, 3.05) is 38.7 Å². The van der Waals surface area contributed by atoms with Crippen LogP contribution < -0.4 is 10.8 Å². The summed E-state index contributed by atoms with van der Waals surface area (Å²) in [5.74, 6) is 0. The van der Waals surface area contributed by atoms with Crippen LogP contribution in [0.5, 0.6) is 0 Å². The van der Waals surface area contributed by atoms with Gasteiger partial charge in [-0.05, 0) is 31.5 Å². The first kappa shape index (κ1) is 17.9. The van der Waals surface area contributed by atoms with E-state index in [0.29, 0.717) is 0 Å². The number of hydrogen-bond acceptors (Lipinski definition) is 5. The third-order valence-corrected chi connectivity index (χ3v) is 4.56. The zero-order valence-corrected chi connectivity index (χ0v) is 14.8. The van der Waals surface area contributed by atoms with Crippen molar-refractivity contribution in [1.29, 1.82) is 0 Å². The lowest BCUT2D eigenvalue weighted by atomic mass is 10.0. The van der Waals surface area contributed by atoms with Gasteiger partial charge in [-0.25, -0.2) is 10.4 Å². The molecule has 0 amide bonds. The summed E-state index contributed by atoms with van der Waals surface area (Å²) in [4.78, 5) is 13.4. The van der Waals surface area contributed by atoms with E-state index in [1.165, 1.54) is 0 Å². The maximum atomic E-state index is 5.58. The van der Waals surface area contributed by atoms with Crippen LogP contribution in [0.4, 0.5) is 5.69 Å². The number of hydrogen-bond donors (Lipinski definition) is 2. The van der Waals surface area contributed by atoms with Gasteiger partial charge in [0.05, 0.1) is 11.8 Å². The van der Waals surface area contributed by atoms with E-state index in [2.05, 4.69) is 33.9 Å². The van der Waals surface area contributed by atoms with Crippen molar-refractivity contribution >= 4 is 5.69 Å². The van der Waals surface area contributed by atoms with Gasteiger partial charge >= 0.3 is 0 Å². The topological polar surface area (TPSA) is 45.8 Å². The van der Waals surface area contributed by atoms with Gasteiger partial charge in [-0.3, -0.25) is 0 Å². The van der Waals surface area contributed by atoms with Crippen LogP contribution in [0.2, 0.25) is 0 Å². The Balaban J connectivity index is 1.47. The van der Waals surface area contributed by atoms with Crippen molar-refractivity contribution in [1.82, 2.24) is 10.2 Å². The lowest BCUT2D eigenvalue weighted by Crippen LogP contribution is -2.40. The molecule has 0 unspecified atom stereocenters. The highest BCUT2D eigenvalue weighted by Crippen LogP contribution is 2.27. The normalized spacial score (nSPS) is 16.0. The van der Waals surface area contributed by atoms with Crippen LogP contribution >= 0.6 is 0 Å². The Labute approximate surface area is 149 Å². The molecule has 0 saturated carbocycles. The number of para-hydroxylation sites is 1. The van der Waals surface area contributed by atoms with E-state index in [0.717, 1.165) is 55.8 Å². The number of anilines is 1. The van der Waals surface area contributed by atoms with Gasteiger partial charge < -0.3 is 10.2 Å². The number of likely N-dealkylation sites (tertiary alicyclic amines) is 1. The zero-order chi connectivity index (χ0) is 17.3. The number of likely N-dealkylation sites (N-methyl/N-ethyl adjacent to an activating group) is 1. The monoisotopic (exact) mass is 341 g/mol. The van der Waals surface area contributed by atoms with Crippen LogP contribution in [0.15, 0.2) is 54.6 Å². The first-order valence-electron chi connectivity index (χ1n) is 8.96. The molecule has 5 heteroatoms. The van der Waals surface area contributed by atoms with E-state index < -0.39 is 0 Å². The molecule has 1 fully saturated rings. The summed E-state index contributed by atoms with van der Waals surface area (Å²) in [6, 6.07) is 18.3. The molecule has 0 aromatic heterocycles. The molecule has 1 aliphatic rings.